The average Bonchev–Trinajstić information content (AvgIpc) is 2.19. The second kappa shape index (κ2) is 5.17. The molecule has 14 heavy (non-hydrogen) atoms. The van der Waals surface area contributed by atoms with Crippen LogP contribution in [0.3, 0.4) is 0 Å². The molecule has 0 aliphatic rings. The van der Waals surface area contributed by atoms with Crippen LogP contribution in [0.1, 0.15) is 18.0 Å². The molecule has 1 rings (SSSR count). The lowest BCUT2D eigenvalue weighted by molar-refractivity contribution is 0.411. The van der Waals surface area contributed by atoms with E-state index in [0.717, 1.165) is 14.9 Å². The van der Waals surface area contributed by atoms with Crippen molar-refractivity contribution in [3.63, 3.8) is 0 Å². The van der Waals surface area contributed by atoms with Crippen molar-refractivity contribution in [2.24, 2.45) is 5.73 Å². The van der Waals surface area contributed by atoms with Crippen LogP contribution in [0, 0.1) is 14.9 Å². The van der Waals surface area contributed by atoms with Crippen molar-refractivity contribution in [1.82, 2.24) is 0 Å². The zero-order valence-electron chi connectivity index (χ0n) is 7.83. The van der Waals surface area contributed by atoms with Crippen LogP contribution in [0.15, 0.2) is 18.2 Å². The number of nitrogens with zero attached hydrogens (tertiary/aromatic N) is 1. The summed E-state index contributed by atoms with van der Waals surface area (Å²) in [6, 6.07) is 7.56. The van der Waals surface area contributed by atoms with Crippen LogP contribution in [0.5, 0.6) is 5.75 Å². The van der Waals surface area contributed by atoms with Gasteiger partial charge in [0.05, 0.1) is 23.2 Å². The molecule has 0 fully saturated rings. The topological polar surface area (TPSA) is 59.0 Å². The molecule has 1 aromatic rings. The fourth-order valence-corrected chi connectivity index (χ4v) is 1.68. The Morgan fingerprint density at radius 1 is 1.64 bits per heavy atom. The van der Waals surface area contributed by atoms with Crippen LogP contribution < -0.4 is 10.5 Å². The van der Waals surface area contributed by atoms with Crippen LogP contribution >= 0.6 is 22.6 Å². The van der Waals surface area contributed by atoms with Gasteiger partial charge in [-0.05, 0) is 40.3 Å². The number of rotatable bonds is 3. The summed E-state index contributed by atoms with van der Waals surface area (Å²) in [5, 5.41) is 8.52. The first-order chi connectivity index (χ1) is 6.69. The Morgan fingerprint density at radius 3 is 2.93 bits per heavy atom. The number of ether oxygens (including phenoxy) is 1. The molecule has 0 spiro atoms. The Labute approximate surface area is 97.0 Å². The van der Waals surface area contributed by atoms with E-state index >= 15 is 0 Å². The third-order valence-electron chi connectivity index (χ3n) is 1.91. The fourth-order valence-electron chi connectivity index (χ4n) is 1.12. The molecule has 2 N–H and O–H groups in total. The summed E-state index contributed by atoms with van der Waals surface area (Å²) in [5.41, 5.74) is 6.73. The third kappa shape index (κ3) is 2.59. The summed E-state index contributed by atoms with van der Waals surface area (Å²) in [6.45, 7) is 0. The summed E-state index contributed by atoms with van der Waals surface area (Å²) in [5.74, 6) is 0.802. The molecule has 74 valence electrons. The highest BCUT2D eigenvalue weighted by molar-refractivity contribution is 14.1. The standard InChI is InChI=1S/C10H11IN2O/c1-14-10-6-7(2-3-8(10)11)9(13)4-5-12/h2-3,6,9H,4,13H2,1H3/t9-/m0/s1. The highest BCUT2D eigenvalue weighted by Crippen LogP contribution is 2.25. The van der Waals surface area contributed by atoms with Gasteiger partial charge in [0.15, 0.2) is 0 Å². The van der Waals surface area contributed by atoms with Gasteiger partial charge < -0.3 is 10.5 Å². The quantitative estimate of drug-likeness (QED) is 0.871. The van der Waals surface area contributed by atoms with E-state index in [1.807, 2.05) is 18.2 Å². The Kier molecular flexibility index (Phi) is 4.17. The largest absolute Gasteiger partial charge is 0.496 e. The van der Waals surface area contributed by atoms with Crippen LogP contribution in [0.4, 0.5) is 0 Å². The Balaban J connectivity index is 2.95. The molecular formula is C10H11IN2O. The summed E-state index contributed by atoms with van der Waals surface area (Å²) in [7, 11) is 1.62. The highest BCUT2D eigenvalue weighted by Gasteiger charge is 2.08. The maximum absolute atomic E-state index is 8.52. The number of nitrogens with two attached hydrogens (primary N) is 1. The molecule has 0 saturated heterocycles. The second-order valence-corrected chi connectivity index (χ2v) is 4.02. The molecule has 3 nitrogen and oxygen atoms in total. The zero-order chi connectivity index (χ0) is 10.6. The second-order valence-electron chi connectivity index (χ2n) is 2.86. The smallest absolute Gasteiger partial charge is 0.132 e. The Morgan fingerprint density at radius 2 is 2.36 bits per heavy atom. The molecule has 1 aromatic carbocycles. The maximum Gasteiger partial charge on any atom is 0.132 e. The van der Waals surface area contributed by atoms with Crippen molar-refractivity contribution >= 4 is 22.6 Å². The van der Waals surface area contributed by atoms with Gasteiger partial charge >= 0.3 is 0 Å². The van der Waals surface area contributed by atoms with E-state index in [1.54, 1.807) is 7.11 Å². The minimum atomic E-state index is -0.231. The Bertz CT molecular complexity index is 360. The van der Waals surface area contributed by atoms with Crippen molar-refractivity contribution in [2.75, 3.05) is 7.11 Å². The molecule has 0 saturated carbocycles. The van der Waals surface area contributed by atoms with Gasteiger partial charge in [-0.3, -0.25) is 0 Å². The van der Waals surface area contributed by atoms with Crippen LogP contribution in [-0.4, -0.2) is 7.11 Å². The van der Waals surface area contributed by atoms with E-state index in [2.05, 4.69) is 28.7 Å². The summed E-state index contributed by atoms with van der Waals surface area (Å²) in [6.07, 6.45) is 0.323. The molecule has 0 amide bonds. The first-order valence-electron chi connectivity index (χ1n) is 4.15. The maximum atomic E-state index is 8.52. The summed E-state index contributed by atoms with van der Waals surface area (Å²) in [4.78, 5) is 0. The number of hydrogen-bond donors (Lipinski definition) is 1. The molecule has 4 heteroatoms. The van der Waals surface area contributed by atoms with Crippen molar-refractivity contribution < 1.29 is 4.74 Å². The van der Waals surface area contributed by atoms with Gasteiger partial charge in [-0.15, -0.1) is 0 Å². The van der Waals surface area contributed by atoms with E-state index in [-0.39, 0.29) is 6.04 Å². The van der Waals surface area contributed by atoms with Crippen molar-refractivity contribution in [2.45, 2.75) is 12.5 Å². The number of methoxy groups -OCH3 is 1. The Hall–Kier alpha value is -0.800. The van der Waals surface area contributed by atoms with E-state index in [4.69, 9.17) is 15.7 Å². The van der Waals surface area contributed by atoms with Crippen LogP contribution in [0.25, 0.3) is 0 Å². The van der Waals surface area contributed by atoms with Gasteiger partial charge in [0.2, 0.25) is 0 Å². The molecular weight excluding hydrogens is 291 g/mol. The monoisotopic (exact) mass is 302 g/mol. The lowest BCUT2D eigenvalue weighted by Crippen LogP contribution is -2.09. The van der Waals surface area contributed by atoms with E-state index in [0.29, 0.717) is 6.42 Å². The average molecular weight is 302 g/mol. The van der Waals surface area contributed by atoms with Crippen LogP contribution in [-0.2, 0) is 0 Å². The minimum absolute atomic E-state index is 0.231. The normalized spacial score (nSPS) is 11.9. The summed E-state index contributed by atoms with van der Waals surface area (Å²) < 4.78 is 6.21. The molecule has 1 atom stereocenters. The number of hydrogen-bond acceptors (Lipinski definition) is 3. The molecule has 0 aliphatic carbocycles. The third-order valence-corrected chi connectivity index (χ3v) is 2.81. The number of halogens is 1. The van der Waals surface area contributed by atoms with Gasteiger partial charge in [0.25, 0.3) is 0 Å². The van der Waals surface area contributed by atoms with E-state index in [1.165, 1.54) is 0 Å². The highest BCUT2D eigenvalue weighted by atomic mass is 127. The number of nitriles is 1. The zero-order valence-corrected chi connectivity index (χ0v) is 9.98. The summed E-state index contributed by atoms with van der Waals surface area (Å²) >= 11 is 2.19. The predicted octanol–water partition coefficient (Wildman–Crippen LogP) is 2.21. The fraction of sp³-hybridized carbons (Fsp3) is 0.300. The predicted molar refractivity (Wildman–Crippen MR) is 62.9 cm³/mol. The van der Waals surface area contributed by atoms with Gasteiger partial charge in [0, 0.05) is 6.04 Å². The van der Waals surface area contributed by atoms with Gasteiger partial charge in [0.1, 0.15) is 5.75 Å². The molecule has 0 aliphatic heterocycles. The lowest BCUT2D eigenvalue weighted by atomic mass is 10.1. The molecule has 0 radical (unpaired) electrons. The minimum Gasteiger partial charge on any atom is -0.496 e. The van der Waals surface area contributed by atoms with E-state index < -0.39 is 0 Å². The lowest BCUT2D eigenvalue weighted by Gasteiger charge is -2.10. The van der Waals surface area contributed by atoms with Crippen molar-refractivity contribution in [3.05, 3.63) is 27.3 Å². The van der Waals surface area contributed by atoms with Crippen LogP contribution in [0.2, 0.25) is 0 Å². The van der Waals surface area contributed by atoms with Gasteiger partial charge in [-0.1, -0.05) is 6.07 Å². The van der Waals surface area contributed by atoms with Crippen molar-refractivity contribution in [1.29, 1.82) is 5.26 Å². The molecule has 0 unspecified atom stereocenters. The molecule has 0 heterocycles. The van der Waals surface area contributed by atoms with Gasteiger partial charge in [-0.2, -0.15) is 5.26 Å². The SMILES string of the molecule is COc1cc([C@@H](N)CC#N)ccc1I. The first-order valence-corrected chi connectivity index (χ1v) is 5.23. The number of benzene rings is 1. The molecule has 0 aromatic heterocycles. The van der Waals surface area contributed by atoms with Gasteiger partial charge in [-0.25, -0.2) is 0 Å². The first kappa shape index (κ1) is 11.3. The van der Waals surface area contributed by atoms with Crippen molar-refractivity contribution in [3.8, 4) is 11.8 Å². The van der Waals surface area contributed by atoms with E-state index in [9.17, 15) is 0 Å². The molecule has 0 bridgehead atoms.